The van der Waals surface area contributed by atoms with Gasteiger partial charge >= 0.3 is 0 Å². The molecule has 2 N–H and O–H groups in total. The third kappa shape index (κ3) is 4.27. The first kappa shape index (κ1) is 15.9. The van der Waals surface area contributed by atoms with Crippen molar-refractivity contribution >= 4 is 5.95 Å². The SMILES string of the molecule is Cc1ccnc(NC2CN(Cc3ccccc3)CCC2CO)n1. The van der Waals surface area contributed by atoms with Crippen molar-refractivity contribution in [2.75, 3.05) is 25.0 Å². The molecule has 5 heteroatoms. The van der Waals surface area contributed by atoms with Crippen molar-refractivity contribution in [3.63, 3.8) is 0 Å². The van der Waals surface area contributed by atoms with E-state index in [0.717, 1.165) is 31.7 Å². The molecule has 2 heterocycles. The molecule has 0 aliphatic carbocycles. The number of likely N-dealkylation sites (tertiary alicyclic amines) is 1. The standard InChI is InChI=1S/C18H24N4O/c1-14-7-9-19-18(20-14)21-17-12-22(10-8-16(17)13-23)11-15-5-3-2-4-6-15/h2-7,9,16-17,23H,8,10-13H2,1H3,(H,19,20,21). The lowest BCUT2D eigenvalue weighted by molar-refractivity contribution is 0.114. The zero-order valence-corrected chi connectivity index (χ0v) is 13.5. The molecule has 1 saturated heterocycles. The van der Waals surface area contributed by atoms with Crippen molar-refractivity contribution in [1.29, 1.82) is 0 Å². The number of aliphatic hydroxyl groups is 1. The topological polar surface area (TPSA) is 61.3 Å². The molecular weight excluding hydrogens is 288 g/mol. The number of piperidine rings is 1. The van der Waals surface area contributed by atoms with Gasteiger partial charge in [-0.05, 0) is 31.5 Å². The molecule has 2 aromatic rings. The Kier molecular flexibility index (Phi) is 5.20. The highest BCUT2D eigenvalue weighted by atomic mass is 16.3. The van der Waals surface area contributed by atoms with Gasteiger partial charge in [-0.25, -0.2) is 9.97 Å². The van der Waals surface area contributed by atoms with Crippen LogP contribution in [0, 0.1) is 12.8 Å². The minimum absolute atomic E-state index is 0.166. The van der Waals surface area contributed by atoms with E-state index in [9.17, 15) is 5.11 Å². The summed E-state index contributed by atoms with van der Waals surface area (Å²) in [6.45, 7) is 4.98. The van der Waals surface area contributed by atoms with E-state index in [1.807, 2.05) is 19.1 Å². The predicted molar refractivity (Wildman–Crippen MR) is 91.1 cm³/mol. The van der Waals surface area contributed by atoms with Crippen LogP contribution >= 0.6 is 0 Å². The third-order valence-corrected chi connectivity index (χ3v) is 4.43. The summed E-state index contributed by atoms with van der Waals surface area (Å²) in [6, 6.07) is 12.6. The molecule has 0 spiro atoms. The Morgan fingerprint density at radius 3 is 2.83 bits per heavy atom. The molecule has 23 heavy (non-hydrogen) atoms. The Bertz CT molecular complexity index is 619. The highest BCUT2D eigenvalue weighted by Crippen LogP contribution is 2.21. The van der Waals surface area contributed by atoms with E-state index in [4.69, 9.17) is 0 Å². The van der Waals surface area contributed by atoms with Gasteiger partial charge in [0.1, 0.15) is 0 Å². The lowest BCUT2D eigenvalue weighted by Crippen LogP contribution is -2.48. The minimum atomic E-state index is 0.166. The maximum absolute atomic E-state index is 9.67. The van der Waals surface area contributed by atoms with Gasteiger partial charge in [0.15, 0.2) is 0 Å². The van der Waals surface area contributed by atoms with Crippen LogP contribution in [-0.2, 0) is 6.54 Å². The lowest BCUT2D eigenvalue weighted by atomic mass is 9.92. The highest BCUT2D eigenvalue weighted by Gasteiger charge is 2.29. The Labute approximate surface area is 137 Å². The van der Waals surface area contributed by atoms with Gasteiger partial charge in [0, 0.05) is 43.5 Å². The van der Waals surface area contributed by atoms with Crippen LogP contribution in [0.1, 0.15) is 17.7 Å². The second-order valence-electron chi connectivity index (χ2n) is 6.22. The number of nitrogens with one attached hydrogen (secondary N) is 1. The number of anilines is 1. The number of nitrogens with zero attached hydrogens (tertiary/aromatic N) is 3. The summed E-state index contributed by atoms with van der Waals surface area (Å²) in [5.74, 6) is 0.890. The zero-order valence-electron chi connectivity index (χ0n) is 13.5. The Balaban J connectivity index is 1.66. The smallest absolute Gasteiger partial charge is 0.223 e. The van der Waals surface area contributed by atoms with Crippen LogP contribution in [0.25, 0.3) is 0 Å². The van der Waals surface area contributed by atoms with Gasteiger partial charge in [0.25, 0.3) is 0 Å². The van der Waals surface area contributed by atoms with E-state index in [0.29, 0.717) is 5.95 Å². The summed E-state index contributed by atoms with van der Waals surface area (Å²) in [4.78, 5) is 11.1. The third-order valence-electron chi connectivity index (χ3n) is 4.43. The molecule has 2 atom stereocenters. The van der Waals surface area contributed by atoms with Crippen molar-refractivity contribution in [3.05, 3.63) is 53.9 Å². The molecule has 0 radical (unpaired) electrons. The van der Waals surface area contributed by atoms with E-state index >= 15 is 0 Å². The number of hydrogen-bond donors (Lipinski definition) is 2. The Hall–Kier alpha value is -1.98. The fourth-order valence-electron chi connectivity index (χ4n) is 3.12. The fraction of sp³-hybridized carbons (Fsp3) is 0.444. The monoisotopic (exact) mass is 312 g/mol. The summed E-state index contributed by atoms with van der Waals surface area (Å²) in [5.41, 5.74) is 2.26. The average molecular weight is 312 g/mol. The first-order valence-electron chi connectivity index (χ1n) is 8.18. The minimum Gasteiger partial charge on any atom is -0.396 e. The van der Waals surface area contributed by atoms with Gasteiger partial charge in [0.2, 0.25) is 5.95 Å². The van der Waals surface area contributed by atoms with Crippen LogP contribution in [0.3, 0.4) is 0 Å². The van der Waals surface area contributed by atoms with Crippen LogP contribution in [-0.4, -0.2) is 45.7 Å². The average Bonchev–Trinajstić information content (AvgIpc) is 2.56. The molecule has 5 nitrogen and oxygen atoms in total. The Morgan fingerprint density at radius 2 is 2.09 bits per heavy atom. The van der Waals surface area contributed by atoms with Crippen LogP contribution in [0.15, 0.2) is 42.6 Å². The van der Waals surface area contributed by atoms with Crippen molar-refractivity contribution < 1.29 is 5.11 Å². The molecule has 1 aliphatic heterocycles. The first-order chi connectivity index (χ1) is 11.2. The fourth-order valence-corrected chi connectivity index (χ4v) is 3.12. The maximum Gasteiger partial charge on any atom is 0.223 e. The van der Waals surface area contributed by atoms with Gasteiger partial charge in [0.05, 0.1) is 0 Å². The number of aromatic nitrogens is 2. The van der Waals surface area contributed by atoms with E-state index in [2.05, 4.69) is 44.5 Å². The first-order valence-corrected chi connectivity index (χ1v) is 8.18. The number of rotatable bonds is 5. The van der Waals surface area contributed by atoms with Gasteiger partial charge in [-0.1, -0.05) is 30.3 Å². The predicted octanol–water partition coefficient (Wildman–Crippen LogP) is 2.08. The zero-order chi connectivity index (χ0) is 16.1. The maximum atomic E-state index is 9.67. The second-order valence-corrected chi connectivity index (χ2v) is 6.22. The number of benzene rings is 1. The molecule has 0 bridgehead atoms. The molecule has 122 valence electrons. The molecule has 0 amide bonds. The van der Waals surface area contributed by atoms with Gasteiger partial charge in [-0.2, -0.15) is 0 Å². The molecule has 1 aromatic carbocycles. The lowest BCUT2D eigenvalue weighted by Gasteiger charge is -2.38. The van der Waals surface area contributed by atoms with Gasteiger partial charge < -0.3 is 10.4 Å². The molecule has 1 fully saturated rings. The number of hydrogen-bond acceptors (Lipinski definition) is 5. The number of aryl methyl sites for hydroxylation is 1. The van der Waals surface area contributed by atoms with E-state index < -0.39 is 0 Å². The summed E-state index contributed by atoms with van der Waals surface area (Å²) in [7, 11) is 0. The normalized spacial score (nSPS) is 22.0. The van der Waals surface area contributed by atoms with Crippen molar-refractivity contribution in [1.82, 2.24) is 14.9 Å². The summed E-state index contributed by atoms with van der Waals surface area (Å²) < 4.78 is 0. The van der Waals surface area contributed by atoms with Crippen molar-refractivity contribution in [2.45, 2.75) is 25.9 Å². The van der Waals surface area contributed by atoms with Crippen LogP contribution < -0.4 is 5.32 Å². The van der Waals surface area contributed by atoms with E-state index in [1.165, 1.54) is 5.56 Å². The van der Waals surface area contributed by atoms with Gasteiger partial charge in [-0.15, -0.1) is 0 Å². The highest BCUT2D eigenvalue weighted by molar-refractivity contribution is 5.27. The van der Waals surface area contributed by atoms with E-state index in [-0.39, 0.29) is 18.6 Å². The molecule has 1 aromatic heterocycles. The summed E-state index contributed by atoms with van der Waals surface area (Å²) in [6.07, 6.45) is 2.75. The van der Waals surface area contributed by atoms with Crippen molar-refractivity contribution in [3.8, 4) is 0 Å². The summed E-state index contributed by atoms with van der Waals surface area (Å²) in [5, 5.41) is 13.1. The largest absolute Gasteiger partial charge is 0.396 e. The second kappa shape index (κ2) is 7.53. The van der Waals surface area contributed by atoms with Gasteiger partial charge in [-0.3, -0.25) is 4.90 Å². The molecule has 0 saturated carbocycles. The number of aliphatic hydroxyl groups excluding tert-OH is 1. The van der Waals surface area contributed by atoms with E-state index in [1.54, 1.807) is 6.20 Å². The summed E-state index contributed by atoms with van der Waals surface area (Å²) >= 11 is 0. The van der Waals surface area contributed by atoms with Crippen LogP contribution in [0.4, 0.5) is 5.95 Å². The molecular formula is C18H24N4O. The van der Waals surface area contributed by atoms with Crippen LogP contribution in [0.5, 0.6) is 0 Å². The molecule has 1 aliphatic rings. The molecule has 2 unspecified atom stereocenters. The quantitative estimate of drug-likeness (QED) is 0.885. The molecule has 3 rings (SSSR count). The Morgan fingerprint density at radius 1 is 1.26 bits per heavy atom. The van der Waals surface area contributed by atoms with Crippen LogP contribution in [0.2, 0.25) is 0 Å². The van der Waals surface area contributed by atoms with Crippen molar-refractivity contribution in [2.24, 2.45) is 5.92 Å².